The molecule has 1 aromatic heterocycles. The standard InChI is InChI=1S/C27H26FN3O3/c1-19(25-29-24-15-9-7-13-22(24)27(33)30(25)16-17-34-2)31(18-20-10-4-3-5-11-20)26(32)21-12-6-8-14-23(21)28/h3-15,19H,16-18H2,1-2H3. The van der Waals surface area contributed by atoms with Gasteiger partial charge in [-0.3, -0.25) is 14.2 Å². The Morgan fingerprint density at radius 1 is 1.03 bits per heavy atom. The molecular weight excluding hydrogens is 433 g/mol. The van der Waals surface area contributed by atoms with Crippen LogP contribution in [-0.2, 0) is 17.8 Å². The summed E-state index contributed by atoms with van der Waals surface area (Å²) < 4.78 is 21.4. The van der Waals surface area contributed by atoms with Gasteiger partial charge in [-0.25, -0.2) is 9.37 Å². The third-order valence-corrected chi connectivity index (χ3v) is 5.81. The van der Waals surface area contributed by atoms with E-state index in [1.807, 2.05) is 43.3 Å². The van der Waals surface area contributed by atoms with Gasteiger partial charge in [-0.15, -0.1) is 0 Å². The highest BCUT2D eigenvalue weighted by atomic mass is 19.1. The van der Waals surface area contributed by atoms with Gasteiger partial charge in [0.25, 0.3) is 11.5 Å². The van der Waals surface area contributed by atoms with Crippen molar-refractivity contribution < 1.29 is 13.9 Å². The number of amides is 1. The molecule has 4 rings (SSSR count). The lowest BCUT2D eigenvalue weighted by Crippen LogP contribution is -2.38. The average molecular weight is 460 g/mol. The van der Waals surface area contributed by atoms with E-state index in [4.69, 9.17) is 9.72 Å². The molecule has 1 unspecified atom stereocenters. The second-order valence-electron chi connectivity index (χ2n) is 8.01. The first-order chi connectivity index (χ1) is 16.5. The third-order valence-electron chi connectivity index (χ3n) is 5.81. The fraction of sp³-hybridized carbons (Fsp3) is 0.222. The highest BCUT2D eigenvalue weighted by molar-refractivity contribution is 5.94. The minimum absolute atomic E-state index is 0.0307. The number of hydrogen-bond acceptors (Lipinski definition) is 4. The minimum Gasteiger partial charge on any atom is -0.383 e. The van der Waals surface area contributed by atoms with E-state index in [-0.39, 0.29) is 24.2 Å². The monoisotopic (exact) mass is 459 g/mol. The average Bonchev–Trinajstić information content (AvgIpc) is 2.87. The summed E-state index contributed by atoms with van der Waals surface area (Å²) in [5, 5.41) is 0.490. The summed E-state index contributed by atoms with van der Waals surface area (Å²) in [4.78, 5) is 33.3. The molecule has 7 heteroatoms. The largest absolute Gasteiger partial charge is 0.383 e. The molecule has 4 aromatic rings. The highest BCUT2D eigenvalue weighted by Gasteiger charge is 2.28. The molecule has 6 nitrogen and oxygen atoms in total. The Balaban J connectivity index is 1.85. The maximum Gasteiger partial charge on any atom is 0.261 e. The first-order valence-electron chi connectivity index (χ1n) is 11.1. The van der Waals surface area contributed by atoms with Crippen LogP contribution in [-0.4, -0.2) is 34.1 Å². The van der Waals surface area contributed by atoms with Gasteiger partial charge in [-0.2, -0.15) is 0 Å². The van der Waals surface area contributed by atoms with Gasteiger partial charge < -0.3 is 9.64 Å². The Hall–Kier alpha value is -3.84. The van der Waals surface area contributed by atoms with Gasteiger partial charge in [-0.1, -0.05) is 54.6 Å². The van der Waals surface area contributed by atoms with Crippen LogP contribution in [0.5, 0.6) is 0 Å². The van der Waals surface area contributed by atoms with Crippen LogP contribution < -0.4 is 5.56 Å². The van der Waals surface area contributed by atoms with Crippen molar-refractivity contribution in [1.29, 1.82) is 0 Å². The Kier molecular flexibility index (Phi) is 7.13. The molecular formula is C27H26FN3O3. The summed E-state index contributed by atoms with van der Waals surface area (Å²) >= 11 is 0. The maximum absolute atomic E-state index is 14.6. The van der Waals surface area contributed by atoms with Crippen LogP contribution in [0.1, 0.15) is 34.7 Å². The number of rotatable bonds is 8. The number of methoxy groups -OCH3 is 1. The summed E-state index contributed by atoms with van der Waals surface area (Å²) in [6.45, 7) is 2.61. The van der Waals surface area contributed by atoms with Gasteiger partial charge in [0.05, 0.1) is 35.7 Å². The lowest BCUT2D eigenvalue weighted by Gasteiger charge is -2.31. The molecule has 1 amide bonds. The van der Waals surface area contributed by atoms with E-state index in [0.29, 0.717) is 23.3 Å². The summed E-state index contributed by atoms with van der Waals surface area (Å²) in [7, 11) is 1.56. The summed E-state index contributed by atoms with van der Waals surface area (Å²) in [6.07, 6.45) is 0. The minimum atomic E-state index is -0.624. The Bertz CT molecular complexity index is 1350. The first-order valence-corrected chi connectivity index (χ1v) is 11.1. The smallest absolute Gasteiger partial charge is 0.261 e. The maximum atomic E-state index is 14.6. The van der Waals surface area contributed by atoms with Gasteiger partial charge in [-0.05, 0) is 36.8 Å². The van der Waals surface area contributed by atoms with E-state index in [2.05, 4.69) is 0 Å². The zero-order valence-corrected chi connectivity index (χ0v) is 19.1. The predicted molar refractivity (Wildman–Crippen MR) is 129 cm³/mol. The van der Waals surface area contributed by atoms with Crippen LogP contribution in [0.2, 0.25) is 0 Å². The van der Waals surface area contributed by atoms with E-state index in [1.54, 1.807) is 46.9 Å². The zero-order valence-electron chi connectivity index (χ0n) is 19.1. The van der Waals surface area contributed by atoms with Crippen molar-refractivity contribution in [2.24, 2.45) is 0 Å². The molecule has 0 aliphatic rings. The Morgan fingerprint density at radius 3 is 2.44 bits per heavy atom. The summed E-state index contributed by atoms with van der Waals surface area (Å²) in [5.74, 6) is -0.655. The second kappa shape index (κ2) is 10.4. The number of nitrogens with zero attached hydrogens (tertiary/aromatic N) is 3. The van der Waals surface area contributed by atoms with Crippen LogP contribution in [0.25, 0.3) is 10.9 Å². The van der Waals surface area contributed by atoms with Crippen molar-refractivity contribution in [2.75, 3.05) is 13.7 Å². The zero-order chi connectivity index (χ0) is 24.1. The van der Waals surface area contributed by atoms with Crippen LogP contribution in [0, 0.1) is 5.82 Å². The van der Waals surface area contributed by atoms with Gasteiger partial charge >= 0.3 is 0 Å². The fourth-order valence-corrected chi connectivity index (χ4v) is 4.00. The lowest BCUT2D eigenvalue weighted by molar-refractivity contribution is 0.0655. The molecule has 0 saturated carbocycles. The molecule has 1 heterocycles. The van der Waals surface area contributed by atoms with Crippen molar-refractivity contribution >= 4 is 16.8 Å². The molecule has 0 spiro atoms. The van der Waals surface area contributed by atoms with E-state index >= 15 is 0 Å². The van der Waals surface area contributed by atoms with E-state index in [0.717, 1.165) is 5.56 Å². The topological polar surface area (TPSA) is 64.4 Å². The molecule has 174 valence electrons. The lowest BCUT2D eigenvalue weighted by atomic mass is 10.1. The number of benzene rings is 3. The normalized spacial score (nSPS) is 12.0. The number of fused-ring (bicyclic) bond motifs is 1. The molecule has 0 bridgehead atoms. The Morgan fingerprint density at radius 2 is 1.71 bits per heavy atom. The molecule has 0 N–H and O–H groups in total. The second-order valence-corrected chi connectivity index (χ2v) is 8.01. The van der Waals surface area contributed by atoms with Gasteiger partial charge in [0.1, 0.15) is 11.6 Å². The molecule has 0 saturated heterocycles. The van der Waals surface area contributed by atoms with Crippen LogP contribution in [0.3, 0.4) is 0 Å². The molecule has 34 heavy (non-hydrogen) atoms. The number of ether oxygens (including phenoxy) is 1. The number of aromatic nitrogens is 2. The molecule has 0 radical (unpaired) electrons. The van der Waals surface area contributed by atoms with Crippen LogP contribution in [0.15, 0.2) is 83.7 Å². The van der Waals surface area contributed by atoms with Crippen LogP contribution in [0.4, 0.5) is 4.39 Å². The van der Waals surface area contributed by atoms with Crippen molar-refractivity contribution in [3.8, 4) is 0 Å². The molecule has 0 fully saturated rings. The quantitative estimate of drug-likeness (QED) is 0.387. The molecule has 0 aliphatic carbocycles. The highest BCUT2D eigenvalue weighted by Crippen LogP contribution is 2.25. The number of carbonyl (C=O) groups is 1. The number of para-hydroxylation sites is 1. The van der Waals surface area contributed by atoms with E-state index in [1.165, 1.54) is 12.1 Å². The first kappa shape index (κ1) is 23.3. The van der Waals surface area contributed by atoms with Gasteiger partial charge in [0.15, 0.2) is 0 Å². The molecule has 1 atom stereocenters. The van der Waals surface area contributed by atoms with E-state index in [9.17, 15) is 14.0 Å². The van der Waals surface area contributed by atoms with Gasteiger partial charge in [0.2, 0.25) is 0 Å². The summed E-state index contributed by atoms with van der Waals surface area (Å²) in [6, 6.07) is 21.9. The van der Waals surface area contributed by atoms with Crippen molar-refractivity contribution in [3.05, 3.63) is 112 Å². The van der Waals surface area contributed by atoms with E-state index < -0.39 is 17.8 Å². The number of carbonyl (C=O) groups excluding carboxylic acids is 1. The number of hydrogen-bond donors (Lipinski definition) is 0. The Labute approximate surface area is 197 Å². The fourth-order valence-electron chi connectivity index (χ4n) is 4.00. The SMILES string of the molecule is COCCn1c(C(C)N(Cc2ccccc2)C(=O)c2ccccc2F)nc2ccccc2c1=O. The van der Waals surface area contributed by atoms with Crippen LogP contribution >= 0.6 is 0 Å². The summed E-state index contributed by atoms with van der Waals surface area (Å²) in [5.41, 5.74) is 1.19. The molecule has 3 aromatic carbocycles. The predicted octanol–water partition coefficient (Wildman–Crippen LogP) is 4.59. The van der Waals surface area contributed by atoms with Crippen molar-refractivity contribution in [1.82, 2.24) is 14.5 Å². The van der Waals surface area contributed by atoms with Gasteiger partial charge in [0, 0.05) is 13.7 Å². The molecule has 0 aliphatic heterocycles. The number of halogens is 1. The van der Waals surface area contributed by atoms with Crippen molar-refractivity contribution in [3.63, 3.8) is 0 Å². The van der Waals surface area contributed by atoms with Crippen molar-refractivity contribution in [2.45, 2.75) is 26.1 Å². The third kappa shape index (κ3) is 4.75.